The summed E-state index contributed by atoms with van der Waals surface area (Å²) in [5.74, 6) is 0.989. The summed E-state index contributed by atoms with van der Waals surface area (Å²) in [5, 5.41) is 3.53. The Hall–Kier alpha value is -1.77. The molecule has 0 unspecified atom stereocenters. The van der Waals surface area contributed by atoms with Gasteiger partial charge in [0, 0.05) is 17.9 Å². The maximum atomic E-state index is 4.67. The number of hydrogen-bond donors (Lipinski definition) is 1. The van der Waals surface area contributed by atoms with E-state index >= 15 is 0 Å². The Bertz CT molecular complexity index is 607. The van der Waals surface area contributed by atoms with E-state index in [1.54, 1.807) is 0 Å². The number of nitrogens with one attached hydrogen (secondary N) is 1. The lowest BCUT2D eigenvalue weighted by molar-refractivity contribution is 0.524. The lowest BCUT2D eigenvalue weighted by Crippen LogP contribution is -2.08. The van der Waals surface area contributed by atoms with E-state index in [0.29, 0.717) is 6.04 Å². The zero-order chi connectivity index (χ0) is 14.1. The summed E-state index contributed by atoms with van der Waals surface area (Å²) in [7, 11) is 0. The molecule has 0 amide bonds. The number of aryl methyl sites for hydroxylation is 3. The van der Waals surface area contributed by atoms with Gasteiger partial charge in [-0.2, -0.15) is 0 Å². The standard InChI is InChI=1S/C17H23N3/c1-12-8-9-13(2)16(10-12)19-17-18-14(3)11-20(17)15-6-4-5-7-15/h8-11,15H,4-7H2,1-3H3,(H,18,19). The molecular formula is C17H23N3. The molecule has 0 saturated heterocycles. The van der Waals surface area contributed by atoms with Crippen LogP contribution in [-0.4, -0.2) is 9.55 Å². The van der Waals surface area contributed by atoms with Gasteiger partial charge in [0.05, 0.1) is 5.69 Å². The minimum absolute atomic E-state index is 0.615. The number of anilines is 2. The molecule has 1 aliphatic rings. The van der Waals surface area contributed by atoms with Crippen molar-refractivity contribution in [2.45, 2.75) is 52.5 Å². The van der Waals surface area contributed by atoms with Crippen molar-refractivity contribution in [1.29, 1.82) is 0 Å². The summed E-state index contributed by atoms with van der Waals surface area (Å²) in [6.07, 6.45) is 7.41. The Kier molecular flexibility index (Phi) is 3.51. The Morgan fingerprint density at radius 3 is 2.65 bits per heavy atom. The van der Waals surface area contributed by atoms with Crippen molar-refractivity contribution in [3.63, 3.8) is 0 Å². The first kappa shape index (κ1) is 13.2. The van der Waals surface area contributed by atoms with Crippen molar-refractivity contribution in [2.24, 2.45) is 0 Å². The summed E-state index contributed by atoms with van der Waals surface area (Å²) in [6, 6.07) is 7.12. The first-order valence-corrected chi connectivity index (χ1v) is 7.53. The molecule has 1 saturated carbocycles. The molecule has 0 radical (unpaired) electrons. The van der Waals surface area contributed by atoms with Crippen LogP contribution in [-0.2, 0) is 0 Å². The molecule has 3 rings (SSSR count). The van der Waals surface area contributed by atoms with E-state index in [-0.39, 0.29) is 0 Å². The van der Waals surface area contributed by atoms with E-state index in [1.165, 1.54) is 36.8 Å². The zero-order valence-corrected chi connectivity index (χ0v) is 12.6. The number of aromatic nitrogens is 2. The van der Waals surface area contributed by atoms with Gasteiger partial charge in [-0.3, -0.25) is 0 Å². The molecule has 1 aromatic heterocycles. The van der Waals surface area contributed by atoms with Crippen LogP contribution < -0.4 is 5.32 Å². The van der Waals surface area contributed by atoms with Crippen molar-refractivity contribution >= 4 is 11.6 Å². The number of hydrogen-bond acceptors (Lipinski definition) is 2. The fraction of sp³-hybridized carbons (Fsp3) is 0.471. The van der Waals surface area contributed by atoms with Crippen LogP contribution in [0, 0.1) is 20.8 Å². The van der Waals surface area contributed by atoms with E-state index in [1.807, 2.05) is 0 Å². The van der Waals surface area contributed by atoms with Crippen LogP contribution in [0.2, 0.25) is 0 Å². The molecule has 0 bridgehead atoms. The van der Waals surface area contributed by atoms with Gasteiger partial charge in [0.15, 0.2) is 0 Å². The second kappa shape index (κ2) is 5.31. The molecule has 2 aromatic rings. The van der Waals surface area contributed by atoms with Crippen molar-refractivity contribution < 1.29 is 0 Å². The fourth-order valence-corrected chi connectivity index (χ4v) is 3.06. The van der Waals surface area contributed by atoms with E-state index in [4.69, 9.17) is 0 Å². The summed E-state index contributed by atoms with van der Waals surface area (Å²) in [4.78, 5) is 4.67. The molecule has 1 fully saturated rings. The SMILES string of the molecule is Cc1ccc(C)c(Nc2nc(C)cn2C2CCCC2)c1. The lowest BCUT2D eigenvalue weighted by atomic mass is 10.1. The first-order chi connectivity index (χ1) is 9.63. The van der Waals surface area contributed by atoms with Crippen LogP contribution in [0.4, 0.5) is 11.6 Å². The first-order valence-electron chi connectivity index (χ1n) is 7.53. The van der Waals surface area contributed by atoms with Crippen molar-refractivity contribution in [2.75, 3.05) is 5.32 Å². The van der Waals surface area contributed by atoms with E-state index < -0.39 is 0 Å². The number of nitrogens with zero attached hydrogens (tertiary/aromatic N) is 2. The average molecular weight is 269 g/mol. The van der Waals surface area contributed by atoms with Crippen LogP contribution in [0.25, 0.3) is 0 Å². The third-order valence-corrected chi connectivity index (χ3v) is 4.21. The minimum atomic E-state index is 0.615. The van der Waals surface area contributed by atoms with Gasteiger partial charge in [-0.15, -0.1) is 0 Å². The number of imidazole rings is 1. The third-order valence-electron chi connectivity index (χ3n) is 4.21. The van der Waals surface area contributed by atoms with Gasteiger partial charge in [0.2, 0.25) is 5.95 Å². The monoisotopic (exact) mass is 269 g/mol. The molecule has 1 aliphatic carbocycles. The molecule has 0 spiro atoms. The molecule has 20 heavy (non-hydrogen) atoms. The van der Waals surface area contributed by atoms with Crippen molar-refractivity contribution in [3.05, 3.63) is 41.2 Å². The Morgan fingerprint density at radius 2 is 1.90 bits per heavy atom. The average Bonchev–Trinajstić information content (AvgIpc) is 3.03. The molecule has 3 heteroatoms. The van der Waals surface area contributed by atoms with Gasteiger partial charge >= 0.3 is 0 Å². The normalized spacial score (nSPS) is 15.8. The molecule has 1 heterocycles. The molecule has 0 atom stereocenters. The summed E-state index contributed by atoms with van der Waals surface area (Å²) < 4.78 is 2.34. The van der Waals surface area contributed by atoms with Gasteiger partial charge < -0.3 is 9.88 Å². The summed E-state index contributed by atoms with van der Waals surface area (Å²) in [6.45, 7) is 6.33. The van der Waals surface area contributed by atoms with E-state index in [2.05, 4.69) is 60.0 Å². The number of rotatable bonds is 3. The molecule has 1 aromatic carbocycles. The van der Waals surface area contributed by atoms with E-state index in [9.17, 15) is 0 Å². The second-order valence-electron chi connectivity index (χ2n) is 5.99. The van der Waals surface area contributed by atoms with Crippen molar-refractivity contribution in [3.8, 4) is 0 Å². The molecule has 3 nitrogen and oxygen atoms in total. The van der Waals surface area contributed by atoms with Crippen LogP contribution in [0.5, 0.6) is 0 Å². The van der Waals surface area contributed by atoms with Crippen LogP contribution in [0.15, 0.2) is 24.4 Å². The molecular weight excluding hydrogens is 246 g/mol. The topological polar surface area (TPSA) is 29.9 Å². The second-order valence-corrected chi connectivity index (χ2v) is 5.99. The Balaban J connectivity index is 1.92. The predicted octanol–water partition coefficient (Wildman–Crippen LogP) is 4.67. The lowest BCUT2D eigenvalue weighted by Gasteiger charge is -2.16. The largest absolute Gasteiger partial charge is 0.325 e. The van der Waals surface area contributed by atoms with Gasteiger partial charge in [0.25, 0.3) is 0 Å². The highest BCUT2D eigenvalue weighted by Crippen LogP contribution is 2.33. The summed E-state index contributed by atoms with van der Waals surface area (Å²) >= 11 is 0. The van der Waals surface area contributed by atoms with Crippen LogP contribution in [0.1, 0.15) is 48.5 Å². The van der Waals surface area contributed by atoms with Crippen LogP contribution >= 0.6 is 0 Å². The van der Waals surface area contributed by atoms with Gasteiger partial charge in [-0.1, -0.05) is 25.0 Å². The van der Waals surface area contributed by atoms with E-state index in [0.717, 1.165) is 17.3 Å². The Labute approximate surface area is 121 Å². The minimum Gasteiger partial charge on any atom is -0.325 e. The maximum absolute atomic E-state index is 4.67. The highest BCUT2D eigenvalue weighted by atomic mass is 15.2. The molecule has 1 N–H and O–H groups in total. The molecule has 106 valence electrons. The third kappa shape index (κ3) is 2.58. The molecule has 0 aliphatic heterocycles. The Morgan fingerprint density at radius 1 is 1.15 bits per heavy atom. The van der Waals surface area contributed by atoms with Gasteiger partial charge in [-0.05, 0) is 50.8 Å². The fourth-order valence-electron chi connectivity index (χ4n) is 3.06. The smallest absolute Gasteiger partial charge is 0.207 e. The van der Waals surface area contributed by atoms with Crippen molar-refractivity contribution in [1.82, 2.24) is 9.55 Å². The number of benzene rings is 1. The zero-order valence-electron chi connectivity index (χ0n) is 12.6. The quantitative estimate of drug-likeness (QED) is 0.877. The van der Waals surface area contributed by atoms with Gasteiger partial charge in [0.1, 0.15) is 0 Å². The predicted molar refractivity (Wildman–Crippen MR) is 83.7 cm³/mol. The van der Waals surface area contributed by atoms with Gasteiger partial charge in [-0.25, -0.2) is 4.98 Å². The van der Waals surface area contributed by atoms with Crippen LogP contribution in [0.3, 0.4) is 0 Å². The highest BCUT2D eigenvalue weighted by Gasteiger charge is 2.20. The summed E-state index contributed by atoms with van der Waals surface area (Å²) in [5.41, 5.74) is 4.78. The highest BCUT2D eigenvalue weighted by molar-refractivity contribution is 5.60. The maximum Gasteiger partial charge on any atom is 0.207 e.